The van der Waals surface area contributed by atoms with Crippen molar-refractivity contribution in [3.8, 4) is 0 Å². The minimum absolute atomic E-state index is 0.228. The number of nitrogens with two attached hydrogens (primary N) is 1. The number of furan rings is 1. The first kappa shape index (κ1) is 9.93. The Labute approximate surface area is 88.9 Å². The quantitative estimate of drug-likeness (QED) is 0.813. The molecule has 0 aliphatic carbocycles. The van der Waals surface area contributed by atoms with Gasteiger partial charge in [-0.3, -0.25) is 4.98 Å². The fourth-order valence-electron chi connectivity index (χ4n) is 1.65. The van der Waals surface area contributed by atoms with Crippen molar-refractivity contribution in [1.82, 2.24) is 4.98 Å². The summed E-state index contributed by atoms with van der Waals surface area (Å²) in [5, 5.41) is 0. The minimum atomic E-state index is -0.228. The van der Waals surface area contributed by atoms with Gasteiger partial charge in [-0.1, -0.05) is 0 Å². The van der Waals surface area contributed by atoms with Crippen LogP contribution in [0.15, 0.2) is 35.2 Å². The molecule has 2 aromatic rings. The van der Waals surface area contributed by atoms with Gasteiger partial charge in [0.1, 0.15) is 5.76 Å². The molecule has 0 saturated carbocycles. The van der Waals surface area contributed by atoms with Crippen molar-refractivity contribution in [2.75, 3.05) is 0 Å². The summed E-state index contributed by atoms with van der Waals surface area (Å²) in [4.78, 5) is 4.08. The molecule has 3 heteroatoms. The standard InChI is InChI=1S/C12H14N2O/c1-8-3-5-14-7-10(8)11(13)12-9(2)4-6-15-12/h3-7,11H,13H2,1-2H3. The molecule has 0 bridgehead atoms. The lowest BCUT2D eigenvalue weighted by atomic mass is 10.0. The summed E-state index contributed by atoms with van der Waals surface area (Å²) in [7, 11) is 0. The highest BCUT2D eigenvalue weighted by Gasteiger charge is 2.16. The molecule has 0 aliphatic heterocycles. The molecule has 3 nitrogen and oxygen atoms in total. The Morgan fingerprint density at radius 2 is 2.07 bits per heavy atom. The van der Waals surface area contributed by atoms with Crippen LogP contribution in [-0.4, -0.2) is 4.98 Å². The van der Waals surface area contributed by atoms with Crippen LogP contribution < -0.4 is 5.73 Å². The number of aromatic nitrogens is 1. The zero-order valence-corrected chi connectivity index (χ0v) is 8.90. The monoisotopic (exact) mass is 202 g/mol. The Morgan fingerprint density at radius 1 is 1.27 bits per heavy atom. The number of rotatable bonds is 2. The summed E-state index contributed by atoms with van der Waals surface area (Å²) in [6, 6.07) is 3.64. The van der Waals surface area contributed by atoms with E-state index < -0.39 is 0 Å². The van der Waals surface area contributed by atoms with Gasteiger partial charge in [-0.15, -0.1) is 0 Å². The summed E-state index contributed by atoms with van der Waals surface area (Å²) >= 11 is 0. The first-order valence-electron chi connectivity index (χ1n) is 4.90. The molecule has 1 atom stereocenters. The van der Waals surface area contributed by atoms with E-state index in [-0.39, 0.29) is 6.04 Å². The van der Waals surface area contributed by atoms with Gasteiger partial charge in [-0.05, 0) is 42.7 Å². The fraction of sp³-hybridized carbons (Fsp3) is 0.250. The minimum Gasteiger partial charge on any atom is -0.467 e. The molecular formula is C12H14N2O. The molecule has 15 heavy (non-hydrogen) atoms. The van der Waals surface area contributed by atoms with Crippen LogP contribution in [0.2, 0.25) is 0 Å². The summed E-state index contributed by atoms with van der Waals surface area (Å²) in [6.07, 6.45) is 5.22. The normalized spacial score (nSPS) is 12.7. The van der Waals surface area contributed by atoms with Crippen LogP contribution in [-0.2, 0) is 0 Å². The van der Waals surface area contributed by atoms with Crippen molar-refractivity contribution in [1.29, 1.82) is 0 Å². The van der Waals surface area contributed by atoms with E-state index in [1.165, 1.54) is 0 Å². The van der Waals surface area contributed by atoms with Crippen molar-refractivity contribution >= 4 is 0 Å². The molecule has 2 aromatic heterocycles. The third kappa shape index (κ3) is 1.78. The summed E-state index contributed by atoms with van der Waals surface area (Å²) < 4.78 is 5.38. The zero-order chi connectivity index (χ0) is 10.8. The van der Waals surface area contributed by atoms with Gasteiger partial charge in [0.05, 0.1) is 12.3 Å². The molecule has 1 unspecified atom stereocenters. The summed E-state index contributed by atoms with van der Waals surface area (Å²) in [5.41, 5.74) is 9.35. The SMILES string of the molecule is Cc1ccncc1C(N)c1occc1C. The highest BCUT2D eigenvalue weighted by atomic mass is 16.3. The second-order valence-corrected chi connectivity index (χ2v) is 3.68. The van der Waals surface area contributed by atoms with Crippen LogP contribution in [0.5, 0.6) is 0 Å². The highest BCUT2D eigenvalue weighted by Crippen LogP contribution is 2.24. The molecule has 2 heterocycles. The largest absolute Gasteiger partial charge is 0.467 e. The van der Waals surface area contributed by atoms with Gasteiger partial charge in [0.25, 0.3) is 0 Å². The lowest BCUT2D eigenvalue weighted by molar-refractivity contribution is 0.486. The molecule has 78 valence electrons. The number of hydrogen-bond acceptors (Lipinski definition) is 3. The average Bonchev–Trinajstić information content (AvgIpc) is 2.64. The van der Waals surface area contributed by atoms with Gasteiger partial charge in [0.15, 0.2) is 0 Å². The van der Waals surface area contributed by atoms with Gasteiger partial charge >= 0.3 is 0 Å². The molecule has 0 radical (unpaired) electrons. The number of nitrogens with zero attached hydrogens (tertiary/aromatic N) is 1. The maximum atomic E-state index is 6.13. The topological polar surface area (TPSA) is 52.0 Å². The second-order valence-electron chi connectivity index (χ2n) is 3.68. The van der Waals surface area contributed by atoms with Gasteiger partial charge in [-0.25, -0.2) is 0 Å². The fourth-order valence-corrected chi connectivity index (χ4v) is 1.65. The van der Waals surface area contributed by atoms with E-state index in [2.05, 4.69) is 4.98 Å². The van der Waals surface area contributed by atoms with Crippen LogP contribution in [0, 0.1) is 13.8 Å². The lowest BCUT2D eigenvalue weighted by Gasteiger charge is -2.12. The van der Waals surface area contributed by atoms with Crippen LogP contribution >= 0.6 is 0 Å². The van der Waals surface area contributed by atoms with E-state index in [0.717, 1.165) is 22.5 Å². The van der Waals surface area contributed by atoms with E-state index in [1.54, 1.807) is 18.7 Å². The van der Waals surface area contributed by atoms with Crippen LogP contribution in [0.3, 0.4) is 0 Å². The molecule has 0 saturated heterocycles. The smallest absolute Gasteiger partial charge is 0.127 e. The lowest BCUT2D eigenvalue weighted by Crippen LogP contribution is -2.13. The van der Waals surface area contributed by atoms with Crippen LogP contribution in [0.4, 0.5) is 0 Å². The van der Waals surface area contributed by atoms with Crippen molar-refractivity contribution in [3.63, 3.8) is 0 Å². The van der Waals surface area contributed by atoms with Crippen molar-refractivity contribution in [2.24, 2.45) is 5.73 Å². The van der Waals surface area contributed by atoms with Gasteiger partial charge in [0, 0.05) is 12.4 Å². The van der Waals surface area contributed by atoms with E-state index in [4.69, 9.17) is 10.2 Å². The van der Waals surface area contributed by atoms with Crippen molar-refractivity contribution < 1.29 is 4.42 Å². The summed E-state index contributed by atoms with van der Waals surface area (Å²) in [6.45, 7) is 4.01. The molecule has 0 aromatic carbocycles. The second kappa shape index (κ2) is 3.87. The van der Waals surface area contributed by atoms with E-state index >= 15 is 0 Å². The molecule has 0 aliphatic rings. The third-order valence-corrected chi connectivity index (χ3v) is 2.60. The molecular weight excluding hydrogens is 188 g/mol. The Morgan fingerprint density at radius 3 is 2.67 bits per heavy atom. The van der Waals surface area contributed by atoms with E-state index in [1.807, 2.05) is 26.0 Å². The van der Waals surface area contributed by atoms with E-state index in [9.17, 15) is 0 Å². The van der Waals surface area contributed by atoms with Crippen molar-refractivity contribution in [2.45, 2.75) is 19.9 Å². The Kier molecular flexibility index (Phi) is 2.56. The van der Waals surface area contributed by atoms with Crippen LogP contribution in [0.25, 0.3) is 0 Å². The maximum Gasteiger partial charge on any atom is 0.127 e. The van der Waals surface area contributed by atoms with Crippen molar-refractivity contribution in [3.05, 3.63) is 53.2 Å². The van der Waals surface area contributed by atoms with Gasteiger partial charge in [-0.2, -0.15) is 0 Å². The number of pyridine rings is 1. The first-order chi connectivity index (χ1) is 7.20. The average molecular weight is 202 g/mol. The Bertz CT molecular complexity index is 462. The molecule has 2 N–H and O–H groups in total. The van der Waals surface area contributed by atoms with Gasteiger partial charge in [0.2, 0.25) is 0 Å². The van der Waals surface area contributed by atoms with Gasteiger partial charge < -0.3 is 10.2 Å². The molecule has 0 spiro atoms. The highest BCUT2D eigenvalue weighted by molar-refractivity contribution is 5.33. The Hall–Kier alpha value is -1.61. The summed E-state index contributed by atoms with van der Waals surface area (Å²) in [5.74, 6) is 0.811. The van der Waals surface area contributed by atoms with Crippen LogP contribution in [0.1, 0.15) is 28.5 Å². The molecule has 2 rings (SSSR count). The Balaban J connectivity index is 2.41. The number of aryl methyl sites for hydroxylation is 2. The first-order valence-corrected chi connectivity index (χ1v) is 4.90. The number of hydrogen-bond donors (Lipinski definition) is 1. The maximum absolute atomic E-state index is 6.13. The predicted octanol–water partition coefficient (Wildman–Crippen LogP) is 2.34. The predicted molar refractivity (Wildman–Crippen MR) is 58.4 cm³/mol. The van der Waals surface area contributed by atoms with E-state index in [0.29, 0.717) is 0 Å². The molecule has 0 fully saturated rings. The third-order valence-electron chi connectivity index (χ3n) is 2.60. The molecule has 0 amide bonds. The zero-order valence-electron chi connectivity index (χ0n) is 8.90.